The van der Waals surface area contributed by atoms with Crippen molar-refractivity contribution in [2.24, 2.45) is 17.8 Å². The van der Waals surface area contributed by atoms with Crippen LogP contribution in [0.1, 0.15) is 23.7 Å². The van der Waals surface area contributed by atoms with Crippen LogP contribution in [0, 0.1) is 17.8 Å². The first kappa shape index (κ1) is 33.8. The number of H-pyrrole nitrogens is 1. The SMILES string of the molecule is C=CC1C(OC2OC(CO)C(O)C(O)C2O)OCC2C(=O)N3CCc4c([nH]c5ccc(OC6OC(CO)C(O)C(O)C6O)cc45)C3CC21. The number of aliphatic hydroxyl groups is 8. The van der Waals surface area contributed by atoms with Crippen LogP contribution in [0.15, 0.2) is 30.9 Å². The first-order chi connectivity index (χ1) is 23.1. The van der Waals surface area contributed by atoms with E-state index in [1.165, 1.54) is 0 Å². The average molecular weight is 679 g/mol. The maximum atomic E-state index is 13.9. The molecule has 1 amide bonds. The molecule has 5 aliphatic heterocycles. The van der Waals surface area contributed by atoms with Crippen molar-refractivity contribution >= 4 is 16.8 Å². The fraction of sp³-hybridized carbons (Fsp3) is 0.656. The number of nitrogens with zero attached hydrogens (tertiary/aromatic N) is 1. The van der Waals surface area contributed by atoms with Crippen LogP contribution in [-0.4, -0.2) is 151 Å². The molecular weight excluding hydrogens is 636 g/mol. The van der Waals surface area contributed by atoms with Gasteiger partial charge < -0.3 is 74.4 Å². The molecule has 15 atom stereocenters. The van der Waals surface area contributed by atoms with E-state index in [9.17, 15) is 45.6 Å². The molecule has 1 aromatic heterocycles. The molecule has 4 saturated heterocycles. The quantitative estimate of drug-likeness (QED) is 0.136. The van der Waals surface area contributed by atoms with Crippen molar-refractivity contribution in [1.29, 1.82) is 0 Å². The Hall–Kier alpha value is -2.71. The molecule has 0 saturated carbocycles. The van der Waals surface area contributed by atoms with Gasteiger partial charge in [-0.05, 0) is 42.5 Å². The zero-order valence-corrected chi connectivity index (χ0v) is 25.9. The van der Waals surface area contributed by atoms with Crippen LogP contribution in [0.5, 0.6) is 5.75 Å². The second-order valence-electron chi connectivity index (χ2n) is 13.2. The number of carbonyl (C=O) groups excluding carboxylic acids is 1. The molecule has 264 valence electrons. The molecular formula is C32H42N2O14. The minimum atomic E-state index is -1.62. The van der Waals surface area contributed by atoms with Crippen LogP contribution in [-0.2, 0) is 30.2 Å². The summed E-state index contributed by atoms with van der Waals surface area (Å²) in [6.07, 6.45) is -12.6. The lowest BCUT2D eigenvalue weighted by Crippen LogP contribution is -2.61. The number of piperidine rings is 1. The minimum Gasteiger partial charge on any atom is -0.462 e. The Morgan fingerprint density at radius 3 is 2.25 bits per heavy atom. The zero-order chi connectivity index (χ0) is 34.0. The van der Waals surface area contributed by atoms with Crippen molar-refractivity contribution in [3.8, 4) is 5.75 Å². The molecule has 0 spiro atoms. The summed E-state index contributed by atoms with van der Waals surface area (Å²) in [6.45, 7) is 3.31. The highest BCUT2D eigenvalue weighted by molar-refractivity contribution is 5.88. The summed E-state index contributed by atoms with van der Waals surface area (Å²) < 4.78 is 28.9. The van der Waals surface area contributed by atoms with Gasteiger partial charge in [-0.25, -0.2) is 0 Å². The van der Waals surface area contributed by atoms with Crippen molar-refractivity contribution in [2.45, 2.75) is 86.6 Å². The van der Waals surface area contributed by atoms with E-state index in [2.05, 4.69) is 11.6 Å². The number of benzene rings is 1. The molecule has 5 aliphatic rings. The Bertz CT molecular complexity index is 1500. The number of nitrogens with one attached hydrogen (secondary N) is 1. The van der Waals surface area contributed by atoms with Gasteiger partial charge in [-0.1, -0.05) is 6.08 Å². The Balaban J connectivity index is 1.12. The Morgan fingerprint density at radius 1 is 0.917 bits per heavy atom. The lowest BCUT2D eigenvalue weighted by atomic mass is 9.70. The van der Waals surface area contributed by atoms with Gasteiger partial charge in [0, 0.05) is 29.1 Å². The van der Waals surface area contributed by atoms with Crippen molar-refractivity contribution in [3.63, 3.8) is 0 Å². The van der Waals surface area contributed by atoms with Gasteiger partial charge in [-0.15, -0.1) is 6.58 Å². The van der Waals surface area contributed by atoms with Crippen molar-refractivity contribution in [1.82, 2.24) is 9.88 Å². The molecule has 48 heavy (non-hydrogen) atoms. The number of aromatic amines is 1. The highest BCUT2D eigenvalue weighted by Gasteiger charge is 2.53. The number of hydrogen-bond acceptors (Lipinski definition) is 14. The Morgan fingerprint density at radius 2 is 1.58 bits per heavy atom. The van der Waals surface area contributed by atoms with E-state index in [1.807, 2.05) is 4.90 Å². The van der Waals surface area contributed by atoms with Crippen LogP contribution in [0.2, 0.25) is 0 Å². The maximum absolute atomic E-state index is 13.9. The fourth-order valence-corrected chi connectivity index (χ4v) is 7.90. The lowest BCUT2D eigenvalue weighted by molar-refractivity contribution is -0.352. The van der Waals surface area contributed by atoms with E-state index in [0.29, 0.717) is 25.1 Å². The largest absolute Gasteiger partial charge is 0.462 e. The van der Waals surface area contributed by atoms with Crippen molar-refractivity contribution in [2.75, 3.05) is 26.4 Å². The summed E-state index contributed by atoms with van der Waals surface area (Å²) in [5, 5.41) is 81.6. The number of aromatic nitrogens is 1. The molecule has 1 aromatic carbocycles. The van der Waals surface area contributed by atoms with Gasteiger partial charge in [0.2, 0.25) is 12.2 Å². The Labute approximate surface area is 274 Å². The van der Waals surface area contributed by atoms with Gasteiger partial charge in [0.25, 0.3) is 0 Å². The highest BCUT2D eigenvalue weighted by atomic mass is 16.8. The second-order valence-corrected chi connectivity index (χ2v) is 13.2. The third kappa shape index (κ3) is 5.53. The molecule has 15 unspecified atom stereocenters. The van der Waals surface area contributed by atoms with Gasteiger partial charge in [-0.3, -0.25) is 4.79 Å². The number of hydrogen-bond donors (Lipinski definition) is 9. The Kier molecular flexibility index (Phi) is 9.29. The molecule has 7 rings (SSSR count). The van der Waals surface area contributed by atoms with E-state index in [4.69, 9.17) is 23.7 Å². The monoisotopic (exact) mass is 678 g/mol. The molecule has 2 aromatic rings. The first-order valence-corrected chi connectivity index (χ1v) is 16.2. The molecule has 0 bridgehead atoms. The number of amides is 1. The van der Waals surface area contributed by atoms with Gasteiger partial charge in [0.05, 0.1) is 31.8 Å². The molecule has 0 radical (unpaired) electrons. The van der Waals surface area contributed by atoms with Gasteiger partial charge in [0.1, 0.15) is 54.6 Å². The normalized spacial score (nSPS) is 43.0. The zero-order valence-electron chi connectivity index (χ0n) is 25.9. The summed E-state index contributed by atoms with van der Waals surface area (Å²) in [7, 11) is 0. The lowest BCUT2D eigenvalue weighted by Gasteiger charge is -2.51. The summed E-state index contributed by atoms with van der Waals surface area (Å²) in [5.74, 6) is -0.966. The van der Waals surface area contributed by atoms with E-state index >= 15 is 0 Å². The third-order valence-electron chi connectivity index (χ3n) is 10.6. The minimum absolute atomic E-state index is 0.0529. The van der Waals surface area contributed by atoms with Crippen LogP contribution in [0.4, 0.5) is 0 Å². The highest BCUT2D eigenvalue weighted by Crippen LogP contribution is 2.49. The summed E-state index contributed by atoms with van der Waals surface area (Å²) >= 11 is 0. The topological polar surface area (TPSA) is 244 Å². The van der Waals surface area contributed by atoms with Crippen LogP contribution in [0.25, 0.3) is 10.9 Å². The van der Waals surface area contributed by atoms with Gasteiger partial charge >= 0.3 is 0 Å². The first-order valence-electron chi connectivity index (χ1n) is 16.2. The number of aliphatic hydroxyl groups excluding tert-OH is 8. The number of ether oxygens (including phenoxy) is 5. The van der Waals surface area contributed by atoms with Gasteiger partial charge in [-0.2, -0.15) is 0 Å². The molecule has 16 nitrogen and oxygen atoms in total. The van der Waals surface area contributed by atoms with E-state index in [-0.39, 0.29) is 24.5 Å². The molecule has 0 aliphatic carbocycles. The van der Waals surface area contributed by atoms with Crippen LogP contribution in [0.3, 0.4) is 0 Å². The number of rotatable bonds is 7. The molecule has 4 fully saturated rings. The predicted molar refractivity (Wildman–Crippen MR) is 161 cm³/mol. The summed E-state index contributed by atoms with van der Waals surface area (Å²) in [5.41, 5.74) is 2.66. The maximum Gasteiger partial charge on any atom is 0.229 e. The predicted octanol–water partition coefficient (Wildman–Crippen LogP) is -2.62. The average Bonchev–Trinajstić information content (AvgIpc) is 3.47. The molecule has 16 heteroatoms. The summed E-state index contributed by atoms with van der Waals surface area (Å²) in [6, 6.07) is 4.94. The number of fused-ring (bicyclic) bond motifs is 6. The third-order valence-corrected chi connectivity index (χ3v) is 10.6. The fourth-order valence-electron chi connectivity index (χ4n) is 7.90. The van der Waals surface area contributed by atoms with E-state index in [0.717, 1.165) is 22.2 Å². The second kappa shape index (κ2) is 13.2. The van der Waals surface area contributed by atoms with Crippen molar-refractivity contribution < 1.29 is 69.3 Å². The van der Waals surface area contributed by atoms with Crippen LogP contribution < -0.4 is 4.74 Å². The van der Waals surface area contributed by atoms with E-state index < -0.39 is 92.8 Å². The molecule has 9 N–H and O–H groups in total. The van der Waals surface area contributed by atoms with Crippen LogP contribution >= 0.6 is 0 Å². The smallest absolute Gasteiger partial charge is 0.229 e. The summed E-state index contributed by atoms with van der Waals surface area (Å²) in [4.78, 5) is 19.2. The molecule has 6 heterocycles. The van der Waals surface area contributed by atoms with Gasteiger partial charge in [0.15, 0.2) is 12.6 Å². The van der Waals surface area contributed by atoms with E-state index in [1.54, 1.807) is 24.3 Å². The standard InChI is InChI=1S/C32H42N2O14/c1-2-13-15-8-19-22-14(16-7-12(3-4-18(16)33-22)45-31-27(41)25(39)23(37)20(9-35)46-31)5-6-34(19)29(43)17(15)11-44-30(13)48-32-28(42)26(40)24(38)21(10-36)47-32/h2-4,7,13,15,17,19-21,23-28,30-33,35-42H,1,5-6,8-11H2. The van der Waals surface area contributed by atoms with Crippen molar-refractivity contribution in [3.05, 3.63) is 42.1 Å². The number of carbonyl (C=O) groups is 1.